The Morgan fingerprint density at radius 3 is 2.17 bits per heavy atom. The van der Waals surface area contributed by atoms with Crippen LogP contribution in [-0.2, 0) is 26.2 Å². The third-order valence-electron chi connectivity index (χ3n) is 5.82. The van der Waals surface area contributed by atoms with E-state index in [1.165, 1.54) is 4.90 Å². The molecule has 2 rings (SSSR count). The Bertz CT molecular complexity index is 1110. The number of nitrogens with zero attached hydrogens (tertiary/aromatic N) is 2. The Hall–Kier alpha value is -2.87. The third kappa shape index (κ3) is 8.38. The number of rotatable bonds is 12. The van der Waals surface area contributed by atoms with Crippen molar-refractivity contribution in [3.8, 4) is 0 Å². The Labute approximate surface area is 210 Å². The molecule has 0 fully saturated rings. The summed E-state index contributed by atoms with van der Waals surface area (Å²) < 4.78 is 26.6. The molecule has 0 saturated heterocycles. The fraction of sp³-hybridized carbons (Fsp3) is 0.481. The van der Waals surface area contributed by atoms with Crippen LogP contribution < -0.4 is 9.62 Å². The van der Waals surface area contributed by atoms with Crippen molar-refractivity contribution in [3.63, 3.8) is 0 Å². The number of nitrogens with one attached hydrogen (secondary N) is 1. The molecule has 0 aliphatic heterocycles. The maximum Gasteiger partial charge on any atom is 0.244 e. The molecular weight excluding hydrogens is 462 g/mol. The predicted octanol–water partition coefficient (Wildman–Crippen LogP) is 4.10. The van der Waals surface area contributed by atoms with Crippen LogP contribution in [0.4, 0.5) is 5.69 Å². The van der Waals surface area contributed by atoms with Gasteiger partial charge >= 0.3 is 0 Å². The zero-order valence-electron chi connectivity index (χ0n) is 21.8. The summed E-state index contributed by atoms with van der Waals surface area (Å²) in [4.78, 5) is 28.3. The van der Waals surface area contributed by atoms with Crippen molar-refractivity contribution in [2.45, 2.75) is 66.5 Å². The van der Waals surface area contributed by atoms with Crippen LogP contribution in [0.1, 0.15) is 55.4 Å². The molecule has 0 bridgehead atoms. The second kappa shape index (κ2) is 12.7. The van der Waals surface area contributed by atoms with Crippen molar-refractivity contribution < 1.29 is 18.0 Å². The van der Waals surface area contributed by atoms with E-state index in [-0.39, 0.29) is 19.0 Å². The summed E-state index contributed by atoms with van der Waals surface area (Å²) in [5, 5.41) is 2.93. The van der Waals surface area contributed by atoms with Crippen LogP contribution in [0.25, 0.3) is 0 Å². The number of aryl methyl sites for hydroxylation is 3. The van der Waals surface area contributed by atoms with Crippen molar-refractivity contribution in [2.75, 3.05) is 23.7 Å². The fourth-order valence-corrected chi connectivity index (χ4v) is 4.97. The smallest absolute Gasteiger partial charge is 0.244 e. The number of hydrogen-bond donors (Lipinski definition) is 1. The van der Waals surface area contributed by atoms with Crippen LogP contribution in [-0.4, -0.2) is 50.5 Å². The normalized spacial score (nSPS) is 12.2. The van der Waals surface area contributed by atoms with E-state index in [1.54, 1.807) is 12.1 Å². The average Bonchev–Trinajstić information content (AvgIpc) is 2.76. The first-order chi connectivity index (χ1) is 16.5. The predicted molar refractivity (Wildman–Crippen MR) is 142 cm³/mol. The summed E-state index contributed by atoms with van der Waals surface area (Å²) in [5.41, 5.74) is 4.17. The minimum atomic E-state index is -3.74. The number of carbonyl (C=O) groups is 2. The zero-order chi connectivity index (χ0) is 26.2. The van der Waals surface area contributed by atoms with Gasteiger partial charge in [-0.2, -0.15) is 0 Å². The minimum Gasteiger partial charge on any atom is -0.354 e. The lowest BCUT2D eigenvalue weighted by molar-refractivity contribution is -0.140. The maximum absolute atomic E-state index is 13.7. The Morgan fingerprint density at radius 1 is 0.971 bits per heavy atom. The summed E-state index contributed by atoms with van der Waals surface area (Å²) in [5.74, 6) is -0.646. The number of unbranched alkanes of at least 4 members (excludes halogenated alkanes) is 1. The zero-order valence-corrected chi connectivity index (χ0v) is 22.6. The van der Waals surface area contributed by atoms with E-state index in [9.17, 15) is 18.0 Å². The van der Waals surface area contributed by atoms with E-state index in [0.717, 1.165) is 45.7 Å². The molecule has 35 heavy (non-hydrogen) atoms. The van der Waals surface area contributed by atoms with Crippen molar-refractivity contribution in [1.82, 2.24) is 10.2 Å². The molecule has 0 aliphatic rings. The molecule has 1 atom stereocenters. The molecule has 0 heterocycles. The molecule has 2 aromatic carbocycles. The van der Waals surface area contributed by atoms with E-state index < -0.39 is 22.0 Å². The van der Waals surface area contributed by atoms with E-state index in [2.05, 4.69) is 5.32 Å². The van der Waals surface area contributed by atoms with Crippen molar-refractivity contribution in [1.29, 1.82) is 0 Å². The van der Waals surface area contributed by atoms with Crippen LogP contribution >= 0.6 is 0 Å². The molecule has 0 aliphatic carbocycles. The van der Waals surface area contributed by atoms with Crippen molar-refractivity contribution in [3.05, 3.63) is 64.7 Å². The summed E-state index contributed by atoms with van der Waals surface area (Å²) in [6.45, 7) is 10.0. The number of carbonyl (C=O) groups excluding carboxylic acids is 2. The quantitative estimate of drug-likeness (QED) is 0.444. The molecule has 0 unspecified atom stereocenters. The monoisotopic (exact) mass is 501 g/mol. The molecule has 1 N–H and O–H groups in total. The van der Waals surface area contributed by atoms with Gasteiger partial charge in [0, 0.05) is 13.1 Å². The molecule has 2 aromatic rings. The topological polar surface area (TPSA) is 86.8 Å². The average molecular weight is 502 g/mol. The first-order valence-corrected chi connectivity index (χ1v) is 14.0. The lowest BCUT2D eigenvalue weighted by Gasteiger charge is -2.33. The lowest BCUT2D eigenvalue weighted by Crippen LogP contribution is -2.52. The summed E-state index contributed by atoms with van der Waals surface area (Å²) >= 11 is 0. The van der Waals surface area contributed by atoms with Crippen LogP contribution in [0.2, 0.25) is 0 Å². The second-order valence-corrected chi connectivity index (χ2v) is 11.1. The number of hydrogen-bond acceptors (Lipinski definition) is 4. The van der Waals surface area contributed by atoms with Gasteiger partial charge in [0.1, 0.15) is 12.6 Å². The highest BCUT2D eigenvalue weighted by Gasteiger charge is 2.31. The van der Waals surface area contributed by atoms with Gasteiger partial charge in [0.15, 0.2) is 0 Å². The molecule has 0 aromatic heterocycles. The van der Waals surface area contributed by atoms with Gasteiger partial charge in [-0.3, -0.25) is 13.9 Å². The first-order valence-electron chi connectivity index (χ1n) is 12.1. The van der Waals surface area contributed by atoms with E-state index in [4.69, 9.17) is 0 Å². The van der Waals surface area contributed by atoms with Gasteiger partial charge < -0.3 is 10.2 Å². The summed E-state index contributed by atoms with van der Waals surface area (Å²) in [6.07, 6.45) is 3.31. The first kappa shape index (κ1) is 28.4. The SMILES string of the molecule is CCCCNC(=O)[C@H](CC)N(Cc1cccc(C)c1)C(=O)CN(c1cc(C)cc(C)c1)S(C)(=O)=O. The summed E-state index contributed by atoms with van der Waals surface area (Å²) in [6, 6.07) is 12.5. The van der Waals surface area contributed by atoms with Crippen molar-refractivity contribution in [2.24, 2.45) is 0 Å². The third-order valence-corrected chi connectivity index (χ3v) is 6.97. The van der Waals surface area contributed by atoms with E-state index >= 15 is 0 Å². The van der Waals surface area contributed by atoms with E-state index in [0.29, 0.717) is 18.7 Å². The van der Waals surface area contributed by atoms with Gasteiger partial charge in [-0.05, 0) is 62.4 Å². The minimum absolute atomic E-state index is 0.213. The highest BCUT2D eigenvalue weighted by molar-refractivity contribution is 7.92. The van der Waals surface area contributed by atoms with Crippen LogP contribution in [0.5, 0.6) is 0 Å². The van der Waals surface area contributed by atoms with Crippen molar-refractivity contribution >= 4 is 27.5 Å². The highest BCUT2D eigenvalue weighted by Crippen LogP contribution is 2.22. The van der Waals surface area contributed by atoms with Gasteiger partial charge in [0.25, 0.3) is 0 Å². The largest absolute Gasteiger partial charge is 0.354 e. The highest BCUT2D eigenvalue weighted by atomic mass is 32.2. The van der Waals surface area contributed by atoms with Crippen LogP contribution in [0.15, 0.2) is 42.5 Å². The molecule has 7 nitrogen and oxygen atoms in total. The molecule has 8 heteroatoms. The van der Waals surface area contributed by atoms with Gasteiger partial charge in [-0.15, -0.1) is 0 Å². The lowest BCUT2D eigenvalue weighted by atomic mass is 10.1. The number of amides is 2. The molecule has 0 spiro atoms. The Kier molecular flexibility index (Phi) is 10.3. The van der Waals surface area contributed by atoms with Crippen LogP contribution in [0.3, 0.4) is 0 Å². The molecule has 192 valence electrons. The molecule has 2 amide bonds. The van der Waals surface area contributed by atoms with Gasteiger partial charge in [0.05, 0.1) is 11.9 Å². The van der Waals surface area contributed by atoms with Gasteiger partial charge in [-0.1, -0.05) is 56.2 Å². The number of anilines is 1. The molecule has 0 saturated carbocycles. The maximum atomic E-state index is 13.7. The van der Waals surface area contributed by atoms with Crippen LogP contribution in [0, 0.1) is 20.8 Å². The van der Waals surface area contributed by atoms with Gasteiger partial charge in [-0.25, -0.2) is 8.42 Å². The number of benzene rings is 2. The summed E-state index contributed by atoms with van der Waals surface area (Å²) in [7, 11) is -3.74. The fourth-order valence-electron chi connectivity index (χ4n) is 4.14. The molecule has 0 radical (unpaired) electrons. The van der Waals surface area contributed by atoms with Gasteiger partial charge in [0.2, 0.25) is 21.8 Å². The number of sulfonamides is 1. The second-order valence-electron chi connectivity index (χ2n) is 9.19. The van der Waals surface area contributed by atoms with E-state index in [1.807, 2.05) is 65.0 Å². The molecular formula is C27H39N3O4S. The Morgan fingerprint density at radius 2 is 1.63 bits per heavy atom. The Balaban J connectivity index is 2.43. The standard InChI is InChI=1S/C27H39N3O4S/c1-7-9-13-28-27(32)25(8-2)29(18-23-12-10-11-20(3)15-23)26(31)19-30(35(6,33)34)24-16-21(4)14-22(5)17-24/h10-12,14-17,25H,7-9,13,18-19H2,1-6H3,(H,28,32)/t25-/m0/s1.